The van der Waals surface area contributed by atoms with Gasteiger partial charge in [-0.3, -0.25) is 0 Å². The topological polar surface area (TPSA) is 56.7 Å². The van der Waals surface area contributed by atoms with Gasteiger partial charge in [0.05, 0.1) is 5.56 Å². The van der Waals surface area contributed by atoms with E-state index in [-0.39, 0.29) is 30.5 Å². The number of halogens is 4. The van der Waals surface area contributed by atoms with Crippen molar-refractivity contribution >= 4 is 35.9 Å². The molecule has 6 nitrogen and oxygen atoms in total. The summed E-state index contributed by atoms with van der Waals surface area (Å²) < 4.78 is 38.4. The standard InChI is InChI=1S/C21H23F3N6.HI/c1-2-25-19(29-12-14-30(15-13-29)20-27-10-5-11-28-20)26-9-4-7-17-6-3-8-18(16-17)21(22,23)24;/h3,5-6,8,10-11,16H,2,9,12-15H2,1H3,(H,25,26);1H. The molecule has 1 aliphatic rings. The maximum atomic E-state index is 12.8. The molecule has 0 bridgehead atoms. The lowest BCUT2D eigenvalue weighted by Gasteiger charge is -2.36. The minimum atomic E-state index is -4.37. The number of rotatable bonds is 3. The van der Waals surface area contributed by atoms with E-state index in [4.69, 9.17) is 0 Å². The van der Waals surface area contributed by atoms with E-state index in [9.17, 15) is 13.2 Å². The summed E-state index contributed by atoms with van der Waals surface area (Å²) >= 11 is 0. The van der Waals surface area contributed by atoms with E-state index in [0.717, 1.165) is 44.3 Å². The Labute approximate surface area is 197 Å². The Balaban J connectivity index is 0.00000341. The van der Waals surface area contributed by atoms with E-state index < -0.39 is 11.7 Å². The van der Waals surface area contributed by atoms with Crippen LogP contribution in [0.2, 0.25) is 0 Å². The van der Waals surface area contributed by atoms with Gasteiger partial charge in [0.25, 0.3) is 0 Å². The van der Waals surface area contributed by atoms with Gasteiger partial charge >= 0.3 is 6.18 Å². The molecule has 2 aromatic rings. The van der Waals surface area contributed by atoms with Gasteiger partial charge in [-0.15, -0.1) is 24.0 Å². The summed E-state index contributed by atoms with van der Waals surface area (Å²) in [5.74, 6) is 7.05. The van der Waals surface area contributed by atoms with Crippen LogP contribution >= 0.6 is 24.0 Å². The highest BCUT2D eigenvalue weighted by molar-refractivity contribution is 14.0. The van der Waals surface area contributed by atoms with E-state index in [1.165, 1.54) is 6.07 Å². The van der Waals surface area contributed by atoms with Crippen molar-refractivity contribution in [3.05, 3.63) is 53.9 Å². The molecule has 0 atom stereocenters. The van der Waals surface area contributed by atoms with Crippen molar-refractivity contribution in [1.29, 1.82) is 0 Å². The molecule has 0 saturated carbocycles. The maximum absolute atomic E-state index is 12.8. The van der Waals surface area contributed by atoms with Gasteiger partial charge in [-0.25, -0.2) is 15.0 Å². The number of hydrogen-bond donors (Lipinski definition) is 1. The number of aliphatic imine (C=N–C) groups is 1. The molecule has 2 heterocycles. The Morgan fingerprint density at radius 2 is 1.84 bits per heavy atom. The smallest absolute Gasteiger partial charge is 0.356 e. The number of piperazine rings is 1. The fourth-order valence-electron chi connectivity index (χ4n) is 3.03. The van der Waals surface area contributed by atoms with Crippen LogP contribution in [0.3, 0.4) is 0 Å². The Bertz CT molecular complexity index is 916. The second kappa shape index (κ2) is 11.7. The van der Waals surface area contributed by atoms with Crippen molar-refractivity contribution in [2.75, 3.05) is 44.2 Å². The summed E-state index contributed by atoms with van der Waals surface area (Å²) in [6.07, 6.45) is -0.923. The van der Waals surface area contributed by atoms with Gasteiger partial charge in [-0.1, -0.05) is 17.9 Å². The zero-order valence-corrected chi connectivity index (χ0v) is 19.4. The molecule has 31 heavy (non-hydrogen) atoms. The van der Waals surface area contributed by atoms with Crippen LogP contribution in [0.15, 0.2) is 47.7 Å². The first-order chi connectivity index (χ1) is 14.5. The first-order valence-electron chi connectivity index (χ1n) is 9.68. The molecule has 0 amide bonds. The highest BCUT2D eigenvalue weighted by Gasteiger charge is 2.30. The zero-order chi connectivity index (χ0) is 21.4. The molecule has 10 heteroatoms. The van der Waals surface area contributed by atoms with Gasteiger partial charge in [0.1, 0.15) is 6.54 Å². The van der Waals surface area contributed by atoms with Crippen molar-refractivity contribution < 1.29 is 13.2 Å². The van der Waals surface area contributed by atoms with E-state index in [1.807, 2.05) is 6.92 Å². The van der Waals surface area contributed by atoms with Crippen molar-refractivity contribution in [3.63, 3.8) is 0 Å². The first kappa shape index (κ1) is 24.7. The molecular formula is C21H24F3IN6. The number of benzene rings is 1. The Hall–Kier alpha value is -2.55. The first-order valence-corrected chi connectivity index (χ1v) is 9.68. The van der Waals surface area contributed by atoms with Gasteiger partial charge in [0.2, 0.25) is 5.95 Å². The van der Waals surface area contributed by atoms with Crippen LogP contribution in [0.4, 0.5) is 19.1 Å². The summed E-state index contributed by atoms with van der Waals surface area (Å²) in [5.41, 5.74) is -0.382. The third-order valence-electron chi connectivity index (χ3n) is 4.48. The van der Waals surface area contributed by atoms with E-state index >= 15 is 0 Å². The number of nitrogens with zero attached hydrogens (tertiary/aromatic N) is 5. The van der Waals surface area contributed by atoms with Gasteiger partial charge in [0.15, 0.2) is 5.96 Å². The van der Waals surface area contributed by atoms with Gasteiger partial charge in [0, 0.05) is 50.7 Å². The molecule has 1 aliphatic heterocycles. The quantitative estimate of drug-likeness (QED) is 0.279. The largest absolute Gasteiger partial charge is 0.416 e. The molecule has 0 spiro atoms. The second-order valence-corrected chi connectivity index (χ2v) is 6.57. The zero-order valence-electron chi connectivity index (χ0n) is 17.1. The molecule has 3 rings (SSSR count). The number of nitrogens with one attached hydrogen (secondary N) is 1. The fraction of sp³-hybridized carbons (Fsp3) is 0.381. The van der Waals surface area contributed by atoms with Crippen LogP contribution in [-0.2, 0) is 6.18 Å². The highest BCUT2D eigenvalue weighted by Crippen LogP contribution is 2.29. The molecule has 0 radical (unpaired) electrons. The van der Waals surface area contributed by atoms with E-state index in [1.54, 1.807) is 24.5 Å². The lowest BCUT2D eigenvalue weighted by Crippen LogP contribution is -2.53. The van der Waals surface area contributed by atoms with Crippen LogP contribution in [0, 0.1) is 11.8 Å². The summed E-state index contributed by atoms with van der Waals surface area (Å²) in [4.78, 5) is 17.3. The van der Waals surface area contributed by atoms with Crippen LogP contribution < -0.4 is 10.2 Å². The van der Waals surface area contributed by atoms with Crippen LogP contribution in [-0.4, -0.2) is 60.1 Å². The average Bonchev–Trinajstić information content (AvgIpc) is 2.76. The highest BCUT2D eigenvalue weighted by atomic mass is 127. The molecule has 1 aromatic heterocycles. The summed E-state index contributed by atoms with van der Waals surface area (Å²) in [6, 6.07) is 6.79. The third-order valence-corrected chi connectivity index (χ3v) is 4.48. The monoisotopic (exact) mass is 544 g/mol. The summed E-state index contributed by atoms with van der Waals surface area (Å²) in [7, 11) is 0. The van der Waals surface area contributed by atoms with Crippen LogP contribution in [0.1, 0.15) is 18.1 Å². The van der Waals surface area contributed by atoms with Gasteiger partial charge in [-0.2, -0.15) is 13.2 Å². The predicted molar refractivity (Wildman–Crippen MR) is 126 cm³/mol. The SMILES string of the molecule is CCNC(=NCC#Cc1cccc(C(F)(F)F)c1)N1CCN(c2ncccn2)CC1.I. The average molecular weight is 544 g/mol. The Morgan fingerprint density at radius 1 is 1.13 bits per heavy atom. The van der Waals surface area contributed by atoms with Crippen LogP contribution in [0.25, 0.3) is 0 Å². The fourth-order valence-corrected chi connectivity index (χ4v) is 3.03. The van der Waals surface area contributed by atoms with Gasteiger partial charge in [-0.05, 0) is 31.2 Å². The molecule has 166 valence electrons. The number of alkyl halides is 3. The van der Waals surface area contributed by atoms with Crippen molar-refractivity contribution in [1.82, 2.24) is 20.2 Å². The van der Waals surface area contributed by atoms with Crippen molar-refractivity contribution in [3.8, 4) is 11.8 Å². The molecule has 1 aromatic carbocycles. The predicted octanol–water partition coefficient (Wildman–Crippen LogP) is 3.25. The minimum Gasteiger partial charge on any atom is -0.356 e. The van der Waals surface area contributed by atoms with E-state index in [0.29, 0.717) is 18.1 Å². The molecule has 0 aliphatic carbocycles. The number of hydrogen-bond acceptors (Lipinski definition) is 4. The van der Waals surface area contributed by atoms with E-state index in [2.05, 4.69) is 41.9 Å². The summed E-state index contributed by atoms with van der Waals surface area (Å²) in [6.45, 7) is 5.94. The van der Waals surface area contributed by atoms with Crippen molar-refractivity contribution in [2.45, 2.75) is 13.1 Å². The lowest BCUT2D eigenvalue weighted by molar-refractivity contribution is -0.137. The van der Waals surface area contributed by atoms with Crippen molar-refractivity contribution in [2.24, 2.45) is 4.99 Å². The van der Waals surface area contributed by atoms with Gasteiger partial charge < -0.3 is 15.1 Å². The second-order valence-electron chi connectivity index (χ2n) is 6.57. The third kappa shape index (κ3) is 7.27. The normalized spacial score (nSPS) is 14.4. The molecule has 0 unspecified atom stereocenters. The molecule has 1 fully saturated rings. The lowest BCUT2D eigenvalue weighted by atomic mass is 10.1. The molecular weight excluding hydrogens is 520 g/mol. The van der Waals surface area contributed by atoms with Crippen LogP contribution in [0.5, 0.6) is 0 Å². The molecule has 1 saturated heterocycles. The Kier molecular flexibility index (Phi) is 9.36. The molecule has 1 N–H and O–H groups in total. The minimum absolute atomic E-state index is 0. The summed E-state index contributed by atoms with van der Waals surface area (Å²) in [5, 5.41) is 3.24. The maximum Gasteiger partial charge on any atom is 0.416 e. The number of aromatic nitrogens is 2. The number of guanidine groups is 1. The Morgan fingerprint density at radius 3 is 2.48 bits per heavy atom. The number of anilines is 1.